The minimum absolute atomic E-state index is 0.124. The molecule has 0 aliphatic carbocycles. The second-order valence-corrected chi connectivity index (χ2v) is 7.52. The highest BCUT2D eigenvalue weighted by atomic mass is 32.2. The first-order valence-electron chi connectivity index (χ1n) is 6.91. The monoisotopic (exact) mass is 321 g/mol. The molecule has 0 aromatic rings. The maximum absolute atomic E-state index is 11.9. The number of hydrogen-bond donors (Lipinski definition) is 3. The highest BCUT2D eigenvalue weighted by Crippen LogP contribution is 1.99. The Balaban J connectivity index is 2.46. The maximum atomic E-state index is 11.9. The normalized spacial score (nSPS) is 18.7. The van der Waals surface area contributed by atoms with Crippen LogP contribution in [0.15, 0.2) is 0 Å². The van der Waals surface area contributed by atoms with Crippen molar-refractivity contribution in [2.45, 2.75) is 18.9 Å². The third-order valence-corrected chi connectivity index (χ3v) is 4.19. The maximum Gasteiger partial charge on any atom is 0.326 e. The molecule has 1 rings (SSSR count). The zero-order chi connectivity index (χ0) is 15.9. The van der Waals surface area contributed by atoms with Crippen LogP contribution >= 0.6 is 0 Å². The lowest BCUT2D eigenvalue weighted by Gasteiger charge is -2.20. The lowest BCUT2D eigenvalue weighted by molar-refractivity contribution is -0.142. The molecule has 0 spiro atoms. The van der Waals surface area contributed by atoms with E-state index in [-0.39, 0.29) is 18.7 Å². The number of nitrogens with one attached hydrogen (secondary N) is 2. The number of aliphatic carboxylic acids is 1. The molecule has 1 heterocycles. The van der Waals surface area contributed by atoms with Crippen LogP contribution in [-0.2, 0) is 19.4 Å². The van der Waals surface area contributed by atoms with Crippen LogP contribution in [0.25, 0.3) is 0 Å². The van der Waals surface area contributed by atoms with Gasteiger partial charge in [0, 0.05) is 19.3 Å². The summed E-state index contributed by atoms with van der Waals surface area (Å²) in [5, 5.41) is 14.6. The van der Waals surface area contributed by atoms with Gasteiger partial charge < -0.3 is 15.7 Å². The third kappa shape index (κ3) is 7.98. The van der Waals surface area contributed by atoms with Gasteiger partial charge in [0.15, 0.2) is 0 Å². The molecule has 8 nitrogen and oxygen atoms in total. The van der Waals surface area contributed by atoms with Crippen molar-refractivity contribution in [1.29, 1.82) is 0 Å². The molecule has 1 unspecified atom stereocenters. The zero-order valence-electron chi connectivity index (χ0n) is 12.2. The molecule has 1 saturated heterocycles. The Kier molecular flexibility index (Phi) is 7.06. The van der Waals surface area contributed by atoms with Gasteiger partial charge in [0.05, 0.1) is 12.3 Å². The van der Waals surface area contributed by atoms with Crippen LogP contribution in [-0.4, -0.2) is 81.1 Å². The topological polar surface area (TPSA) is 116 Å². The van der Waals surface area contributed by atoms with Gasteiger partial charge >= 0.3 is 5.97 Å². The van der Waals surface area contributed by atoms with Crippen LogP contribution < -0.4 is 10.6 Å². The first-order chi connectivity index (χ1) is 9.78. The van der Waals surface area contributed by atoms with Crippen LogP contribution in [0.2, 0.25) is 0 Å². The van der Waals surface area contributed by atoms with Gasteiger partial charge in [-0.3, -0.25) is 9.69 Å². The standard InChI is InChI=1S/C12H23N3O5S/c1-21(19,20)8-3-10(12(17)18)14-11(16)9-15-6-2-4-13-5-7-15/h10,13H,2-9H2,1H3,(H,14,16)(H,17,18). The Morgan fingerprint density at radius 3 is 2.67 bits per heavy atom. The van der Waals surface area contributed by atoms with E-state index in [1.54, 1.807) is 0 Å². The van der Waals surface area contributed by atoms with Gasteiger partial charge in [-0.2, -0.15) is 0 Å². The number of hydrogen-bond acceptors (Lipinski definition) is 6. The van der Waals surface area contributed by atoms with E-state index in [4.69, 9.17) is 5.11 Å². The number of carboxylic acids is 1. The predicted molar refractivity (Wildman–Crippen MR) is 77.8 cm³/mol. The molecular formula is C12H23N3O5S. The summed E-state index contributed by atoms with van der Waals surface area (Å²) in [6.45, 7) is 3.34. The van der Waals surface area contributed by atoms with Crippen LogP contribution in [0.4, 0.5) is 0 Å². The average Bonchev–Trinajstić information content (AvgIpc) is 2.61. The second-order valence-electron chi connectivity index (χ2n) is 5.26. The van der Waals surface area contributed by atoms with Gasteiger partial charge in [-0.25, -0.2) is 13.2 Å². The van der Waals surface area contributed by atoms with Crippen LogP contribution in [0.1, 0.15) is 12.8 Å². The Morgan fingerprint density at radius 2 is 2.05 bits per heavy atom. The fourth-order valence-corrected chi connectivity index (χ4v) is 2.76. The zero-order valence-corrected chi connectivity index (χ0v) is 13.0. The Bertz CT molecular complexity index is 458. The lowest BCUT2D eigenvalue weighted by Crippen LogP contribution is -2.46. The molecule has 122 valence electrons. The first kappa shape index (κ1) is 17.9. The molecule has 0 aromatic heterocycles. The van der Waals surface area contributed by atoms with Gasteiger partial charge in [-0.05, 0) is 25.9 Å². The number of carboxylic acid groups (broad SMARTS) is 1. The molecule has 1 aliphatic heterocycles. The summed E-state index contributed by atoms with van der Waals surface area (Å²) in [5.41, 5.74) is 0. The summed E-state index contributed by atoms with van der Waals surface area (Å²) in [6, 6.07) is -1.17. The van der Waals surface area contributed by atoms with E-state index in [0.717, 1.165) is 38.9 Å². The van der Waals surface area contributed by atoms with Gasteiger partial charge in [-0.15, -0.1) is 0 Å². The number of rotatable bonds is 7. The van der Waals surface area contributed by atoms with Crippen molar-refractivity contribution in [2.75, 3.05) is 44.7 Å². The highest BCUT2D eigenvalue weighted by molar-refractivity contribution is 7.90. The van der Waals surface area contributed by atoms with E-state index in [1.807, 2.05) is 4.90 Å². The van der Waals surface area contributed by atoms with Crippen molar-refractivity contribution in [1.82, 2.24) is 15.5 Å². The molecular weight excluding hydrogens is 298 g/mol. The summed E-state index contributed by atoms with van der Waals surface area (Å²) in [4.78, 5) is 24.9. The summed E-state index contributed by atoms with van der Waals surface area (Å²) in [7, 11) is -3.25. The molecule has 9 heteroatoms. The minimum atomic E-state index is -3.25. The summed E-state index contributed by atoms with van der Waals surface area (Å²) in [6.07, 6.45) is 1.85. The average molecular weight is 321 g/mol. The van der Waals surface area contributed by atoms with E-state index in [1.165, 1.54) is 0 Å². The number of amides is 1. The van der Waals surface area contributed by atoms with Crippen molar-refractivity contribution in [3.63, 3.8) is 0 Å². The van der Waals surface area contributed by atoms with Gasteiger partial charge in [0.25, 0.3) is 0 Å². The smallest absolute Gasteiger partial charge is 0.326 e. The Morgan fingerprint density at radius 1 is 1.33 bits per heavy atom. The molecule has 0 radical (unpaired) electrons. The van der Waals surface area contributed by atoms with Crippen molar-refractivity contribution in [3.8, 4) is 0 Å². The van der Waals surface area contributed by atoms with Crippen LogP contribution in [0, 0.1) is 0 Å². The molecule has 0 saturated carbocycles. The number of carbonyl (C=O) groups is 2. The van der Waals surface area contributed by atoms with Crippen LogP contribution in [0.5, 0.6) is 0 Å². The molecule has 3 N–H and O–H groups in total. The fraction of sp³-hybridized carbons (Fsp3) is 0.833. The number of carbonyl (C=O) groups excluding carboxylic acids is 1. The molecule has 1 amide bonds. The fourth-order valence-electron chi connectivity index (χ4n) is 2.09. The van der Waals surface area contributed by atoms with E-state index in [9.17, 15) is 18.0 Å². The van der Waals surface area contributed by atoms with E-state index in [2.05, 4.69) is 10.6 Å². The molecule has 0 bridgehead atoms. The van der Waals surface area contributed by atoms with E-state index < -0.39 is 27.8 Å². The number of sulfone groups is 1. The molecule has 21 heavy (non-hydrogen) atoms. The molecule has 1 atom stereocenters. The van der Waals surface area contributed by atoms with E-state index >= 15 is 0 Å². The van der Waals surface area contributed by atoms with Crippen molar-refractivity contribution in [3.05, 3.63) is 0 Å². The quantitative estimate of drug-likeness (QED) is 0.511. The Labute approximate surface area is 124 Å². The van der Waals surface area contributed by atoms with Gasteiger partial charge in [-0.1, -0.05) is 0 Å². The lowest BCUT2D eigenvalue weighted by atomic mass is 10.2. The Hall–Kier alpha value is -1.19. The van der Waals surface area contributed by atoms with Gasteiger partial charge in [0.2, 0.25) is 5.91 Å². The molecule has 1 aliphatic rings. The van der Waals surface area contributed by atoms with Crippen molar-refractivity contribution in [2.24, 2.45) is 0 Å². The van der Waals surface area contributed by atoms with Gasteiger partial charge in [0.1, 0.15) is 15.9 Å². The third-order valence-electron chi connectivity index (χ3n) is 3.21. The van der Waals surface area contributed by atoms with Crippen LogP contribution in [0.3, 0.4) is 0 Å². The largest absolute Gasteiger partial charge is 0.480 e. The second kappa shape index (κ2) is 8.30. The predicted octanol–water partition coefficient (Wildman–Crippen LogP) is -1.71. The summed E-state index contributed by atoms with van der Waals surface area (Å²) in [5.74, 6) is -1.87. The van der Waals surface area contributed by atoms with Crippen molar-refractivity contribution < 1.29 is 23.1 Å². The minimum Gasteiger partial charge on any atom is -0.480 e. The summed E-state index contributed by atoms with van der Waals surface area (Å²) >= 11 is 0. The van der Waals surface area contributed by atoms with Crippen molar-refractivity contribution >= 4 is 21.7 Å². The first-order valence-corrected chi connectivity index (χ1v) is 8.97. The number of nitrogens with zero attached hydrogens (tertiary/aromatic N) is 1. The molecule has 1 fully saturated rings. The highest BCUT2D eigenvalue weighted by Gasteiger charge is 2.22. The molecule has 0 aromatic carbocycles. The SMILES string of the molecule is CS(=O)(=O)CCC(NC(=O)CN1CCCNCC1)C(=O)O. The van der Waals surface area contributed by atoms with E-state index in [0.29, 0.717) is 0 Å². The summed E-state index contributed by atoms with van der Waals surface area (Å²) < 4.78 is 22.2.